The third-order valence-corrected chi connectivity index (χ3v) is 1.41. The number of likely N-dealkylation sites (N-methyl/N-ethyl adjacent to an activating group) is 1. The molecule has 0 aromatic heterocycles. The minimum absolute atomic E-state index is 0. The van der Waals surface area contributed by atoms with Gasteiger partial charge in [0.15, 0.2) is 0 Å². The van der Waals surface area contributed by atoms with Gasteiger partial charge in [-0.25, -0.2) is 5.01 Å². The first-order chi connectivity index (χ1) is 5.84. The van der Waals surface area contributed by atoms with Crippen molar-refractivity contribution >= 4 is 7.25 Å². The summed E-state index contributed by atoms with van der Waals surface area (Å²) in [5.41, 5.74) is 0. The van der Waals surface area contributed by atoms with Gasteiger partial charge in [-0.2, -0.15) is 0 Å². The van der Waals surface area contributed by atoms with E-state index in [-0.39, 0.29) is 29.6 Å². The van der Waals surface area contributed by atoms with E-state index in [1.54, 1.807) is 0 Å². The molecule has 2 nitrogen and oxygen atoms in total. The third-order valence-electron chi connectivity index (χ3n) is 1.41. The van der Waals surface area contributed by atoms with Crippen molar-refractivity contribution in [2.45, 2.75) is 6.92 Å². The van der Waals surface area contributed by atoms with Crippen LogP contribution in [0.3, 0.4) is 0 Å². The van der Waals surface area contributed by atoms with Gasteiger partial charge in [-0.05, 0) is 6.92 Å². The maximum atomic E-state index is 9.75. The molecule has 1 aliphatic heterocycles. The van der Waals surface area contributed by atoms with Gasteiger partial charge in [-0.3, -0.25) is 0 Å². The molecular weight excluding hydrogens is 210 g/mol. The normalized spacial score (nSPS) is 16.0. The average molecular weight is 222 g/mol. The maximum absolute atomic E-state index is 9.75. The number of hydrogen-bond acceptors (Lipinski definition) is 2. The van der Waals surface area contributed by atoms with Crippen molar-refractivity contribution < 1.29 is 46.8 Å². The molecule has 8 heteroatoms. The van der Waals surface area contributed by atoms with Crippen molar-refractivity contribution in [2.75, 3.05) is 20.1 Å². The standard InChI is InChI=1S/C6H12N2.BF4.Na/c1-3-8-6-4-5-7(8)2;2-1(3,4)5;/h4,6H,3,5H2,1-2H3;;/q;-1;+1. The van der Waals surface area contributed by atoms with Crippen molar-refractivity contribution in [1.82, 2.24) is 10.0 Å². The second-order valence-electron chi connectivity index (χ2n) is 2.48. The van der Waals surface area contributed by atoms with Crippen LogP contribution in [0.15, 0.2) is 12.3 Å². The zero-order valence-corrected chi connectivity index (χ0v) is 10.6. The molecule has 0 atom stereocenters. The van der Waals surface area contributed by atoms with Crippen LogP contribution >= 0.6 is 0 Å². The molecule has 0 radical (unpaired) electrons. The monoisotopic (exact) mass is 222 g/mol. The van der Waals surface area contributed by atoms with Crippen molar-refractivity contribution in [3.8, 4) is 0 Å². The number of rotatable bonds is 1. The van der Waals surface area contributed by atoms with Crippen molar-refractivity contribution in [1.29, 1.82) is 0 Å². The summed E-state index contributed by atoms with van der Waals surface area (Å²) in [5.74, 6) is 0. The molecule has 0 aromatic carbocycles. The minimum Gasteiger partial charge on any atom is -0.418 e. The Morgan fingerprint density at radius 1 is 1.29 bits per heavy atom. The number of nitrogens with zero attached hydrogens (tertiary/aromatic N) is 2. The van der Waals surface area contributed by atoms with E-state index >= 15 is 0 Å². The molecule has 0 bridgehead atoms. The molecule has 0 unspecified atom stereocenters. The summed E-state index contributed by atoms with van der Waals surface area (Å²) < 4.78 is 39.0. The fourth-order valence-corrected chi connectivity index (χ4v) is 0.887. The van der Waals surface area contributed by atoms with Crippen LogP contribution in [0.25, 0.3) is 0 Å². The van der Waals surface area contributed by atoms with Gasteiger partial charge in [-0.1, -0.05) is 6.08 Å². The van der Waals surface area contributed by atoms with E-state index in [4.69, 9.17) is 0 Å². The Balaban J connectivity index is 0. The summed E-state index contributed by atoms with van der Waals surface area (Å²) in [6.45, 7) is 4.28. The van der Waals surface area contributed by atoms with Gasteiger partial charge in [0.1, 0.15) is 0 Å². The number of hydrogen-bond donors (Lipinski definition) is 0. The van der Waals surface area contributed by atoms with Crippen LogP contribution < -0.4 is 29.6 Å². The summed E-state index contributed by atoms with van der Waals surface area (Å²) in [6, 6.07) is 0. The Kier molecular flexibility index (Phi) is 9.02. The number of hydrazine groups is 1. The van der Waals surface area contributed by atoms with Crippen LogP contribution in [-0.2, 0) is 0 Å². The number of halogens is 4. The molecule has 0 saturated heterocycles. The van der Waals surface area contributed by atoms with Crippen molar-refractivity contribution in [3.05, 3.63) is 12.3 Å². The van der Waals surface area contributed by atoms with Gasteiger partial charge in [0.25, 0.3) is 0 Å². The van der Waals surface area contributed by atoms with Crippen LogP contribution in [0.5, 0.6) is 0 Å². The minimum atomic E-state index is -6.00. The predicted octanol–water partition coefficient (Wildman–Crippen LogP) is -1.01. The smallest absolute Gasteiger partial charge is 0.418 e. The molecule has 78 valence electrons. The largest absolute Gasteiger partial charge is 1.00 e. The molecule has 1 heterocycles. The molecule has 0 aliphatic carbocycles. The van der Waals surface area contributed by atoms with Crippen molar-refractivity contribution in [2.24, 2.45) is 0 Å². The molecule has 14 heavy (non-hydrogen) atoms. The molecule has 0 spiro atoms. The fourth-order valence-electron chi connectivity index (χ4n) is 0.887. The average Bonchev–Trinajstić information content (AvgIpc) is 2.31. The molecule has 0 saturated carbocycles. The van der Waals surface area contributed by atoms with Crippen LogP contribution in [0.4, 0.5) is 17.3 Å². The molecule has 0 amide bonds. The molecule has 0 N–H and O–H groups in total. The maximum Gasteiger partial charge on any atom is 1.00 e. The van der Waals surface area contributed by atoms with Gasteiger partial charge in [-0.15, -0.1) is 0 Å². The summed E-state index contributed by atoms with van der Waals surface area (Å²) in [7, 11) is -3.91. The summed E-state index contributed by atoms with van der Waals surface area (Å²) in [4.78, 5) is 0. The van der Waals surface area contributed by atoms with E-state index in [1.807, 2.05) is 0 Å². The Morgan fingerprint density at radius 2 is 1.71 bits per heavy atom. The van der Waals surface area contributed by atoms with Crippen LogP contribution in [0.2, 0.25) is 0 Å². The van der Waals surface area contributed by atoms with E-state index < -0.39 is 7.25 Å². The SMILES string of the molecule is CCN1C=CCN1C.F[B-](F)(F)F.[Na+]. The topological polar surface area (TPSA) is 6.48 Å². The van der Waals surface area contributed by atoms with Gasteiger partial charge in [0.2, 0.25) is 0 Å². The first-order valence-corrected chi connectivity index (χ1v) is 3.86. The summed E-state index contributed by atoms with van der Waals surface area (Å²) >= 11 is 0. The second kappa shape index (κ2) is 7.56. The first-order valence-electron chi connectivity index (χ1n) is 3.86. The van der Waals surface area contributed by atoms with Gasteiger partial charge in [0.05, 0.1) is 0 Å². The Morgan fingerprint density at radius 3 is 1.86 bits per heavy atom. The zero-order chi connectivity index (χ0) is 10.5. The van der Waals surface area contributed by atoms with Gasteiger partial charge in [0, 0.05) is 26.3 Å². The van der Waals surface area contributed by atoms with E-state index in [0.29, 0.717) is 0 Å². The van der Waals surface area contributed by atoms with Gasteiger partial charge < -0.3 is 22.3 Å². The zero-order valence-electron chi connectivity index (χ0n) is 8.55. The van der Waals surface area contributed by atoms with E-state index in [0.717, 1.165) is 13.1 Å². The summed E-state index contributed by atoms with van der Waals surface area (Å²) in [5, 5.41) is 4.36. The molecule has 0 aromatic rings. The van der Waals surface area contributed by atoms with Crippen LogP contribution in [0, 0.1) is 0 Å². The van der Waals surface area contributed by atoms with E-state index in [1.165, 1.54) is 0 Å². The van der Waals surface area contributed by atoms with Gasteiger partial charge >= 0.3 is 36.8 Å². The summed E-state index contributed by atoms with van der Waals surface area (Å²) in [6.07, 6.45) is 4.27. The Labute approximate surface area is 103 Å². The second-order valence-corrected chi connectivity index (χ2v) is 2.48. The van der Waals surface area contributed by atoms with Crippen LogP contribution in [-0.4, -0.2) is 37.4 Å². The third kappa shape index (κ3) is 10.4. The molecular formula is C6H12BF4N2Na. The fraction of sp³-hybridized carbons (Fsp3) is 0.667. The molecule has 0 fully saturated rings. The Bertz CT molecular complexity index is 170. The molecule has 1 aliphatic rings. The van der Waals surface area contributed by atoms with Crippen molar-refractivity contribution in [3.63, 3.8) is 0 Å². The van der Waals surface area contributed by atoms with Crippen LogP contribution in [0.1, 0.15) is 6.92 Å². The first kappa shape index (κ1) is 16.7. The predicted molar refractivity (Wildman–Crippen MR) is 44.3 cm³/mol. The Hall–Kier alpha value is 0.285. The van der Waals surface area contributed by atoms with E-state index in [9.17, 15) is 17.3 Å². The molecule has 1 rings (SSSR count). The van der Waals surface area contributed by atoms with E-state index in [2.05, 4.69) is 36.3 Å². The quantitative estimate of drug-likeness (QED) is 0.414.